The van der Waals surface area contributed by atoms with Gasteiger partial charge in [0.1, 0.15) is 5.54 Å². The molecule has 6 nitrogen and oxygen atoms in total. The number of nitrogens with two attached hydrogens (primary N) is 1. The first-order chi connectivity index (χ1) is 8.63. The molecule has 102 valence electrons. The predicted molar refractivity (Wildman–Crippen MR) is 65.1 cm³/mol. The Morgan fingerprint density at radius 3 is 3.06 bits per heavy atom. The Labute approximate surface area is 107 Å². The van der Waals surface area contributed by atoms with E-state index in [1.165, 1.54) is 0 Å². The van der Waals surface area contributed by atoms with E-state index in [1.807, 2.05) is 13.8 Å². The average molecular weight is 255 g/mol. The van der Waals surface area contributed by atoms with Gasteiger partial charge >= 0.3 is 0 Å². The molecule has 1 aliphatic rings. The van der Waals surface area contributed by atoms with Crippen LogP contribution >= 0.6 is 0 Å². The Morgan fingerprint density at radius 1 is 1.56 bits per heavy atom. The maximum absolute atomic E-state index is 6.13. The van der Waals surface area contributed by atoms with Crippen LogP contribution in [-0.2, 0) is 15.0 Å². The van der Waals surface area contributed by atoms with E-state index < -0.39 is 5.54 Å². The molecule has 2 heterocycles. The van der Waals surface area contributed by atoms with Gasteiger partial charge in [-0.25, -0.2) is 0 Å². The van der Waals surface area contributed by atoms with Crippen molar-refractivity contribution in [3.63, 3.8) is 0 Å². The minimum atomic E-state index is -0.715. The van der Waals surface area contributed by atoms with E-state index in [0.717, 1.165) is 19.4 Å². The molecule has 0 aliphatic carbocycles. The lowest BCUT2D eigenvalue weighted by molar-refractivity contribution is 0.0704. The number of ether oxygens (including phenoxy) is 2. The van der Waals surface area contributed by atoms with Crippen LogP contribution in [0, 0.1) is 0 Å². The van der Waals surface area contributed by atoms with Gasteiger partial charge in [0, 0.05) is 13.2 Å². The van der Waals surface area contributed by atoms with E-state index in [9.17, 15) is 0 Å². The predicted octanol–water partition coefficient (Wildman–Crippen LogP) is 1.17. The fraction of sp³-hybridized carbons (Fsp3) is 0.833. The van der Waals surface area contributed by atoms with Gasteiger partial charge in [0.05, 0.1) is 19.1 Å². The van der Waals surface area contributed by atoms with Crippen LogP contribution in [0.1, 0.15) is 44.3 Å². The van der Waals surface area contributed by atoms with Crippen molar-refractivity contribution < 1.29 is 14.0 Å². The van der Waals surface area contributed by atoms with Crippen LogP contribution in [0.15, 0.2) is 4.52 Å². The van der Waals surface area contributed by atoms with Crippen LogP contribution in [0.3, 0.4) is 0 Å². The van der Waals surface area contributed by atoms with Crippen LogP contribution in [0.4, 0.5) is 0 Å². The van der Waals surface area contributed by atoms with Crippen molar-refractivity contribution in [3.05, 3.63) is 11.7 Å². The van der Waals surface area contributed by atoms with Crippen molar-refractivity contribution in [1.82, 2.24) is 10.1 Å². The van der Waals surface area contributed by atoms with E-state index in [1.54, 1.807) is 0 Å². The molecule has 6 heteroatoms. The first-order valence-electron chi connectivity index (χ1n) is 6.42. The van der Waals surface area contributed by atoms with Gasteiger partial charge in [0.25, 0.3) is 0 Å². The molecule has 2 N–H and O–H groups in total. The summed E-state index contributed by atoms with van der Waals surface area (Å²) in [5.41, 5.74) is 5.41. The lowest BCUT2D eigenvalue weighted by atomic mass is 10.0. The second-order valence-corrected chi connectivity index (χ2v) is 4.92. The molecule has 2 rings (SSSR count). The van der Waals surface area contributed by atoms with E-state index in [4.69, 9.17) is 19.7 Å². The van der Waals surface area contributed by atoms with Crippen molar-refractivity contribution in [2.75, 3.05) is 26.4 Å². The number of aromatic nitrogens is 2. The van der Waals surface area contributed by atoms with Gasteiger partial charge in [0.15, 0.2) is 5.82 Å². The van der Waals surface area contributed by atoms with Crippen molar-refractivity contribution in [2.24, 2.45) is 5.73 Å². The highest BCUT2D eigenvalue weighted by atomic mass is 16.5. The van der Waals surface area contributed by atoms with Crippen molar-refractivity contribution in [3.8, 4) is 0 Å². The van der Waals surface area contributed by atoms with Gasteiger partial charge in [0.2, 0.25) is 5.89 Å². The fourth-order valence-corrected chi connectivity index (χ4v) is 1.95. The molecule has 2 atom stereocenters. The maximum atomic E-state index is 6.13. The van der Waals surface area contributed by atoms with Gasteiger partial charge in [-0.15, -0.1) is 0 Å². The summed E-state index contributed by atoms with van der Waals surface area (Å²) in [6.45, 7) is 6.23. The maximum Gasteiger partial charge on any atom is 0.232 e. The molecule has 0 amide bonds. The quantitative estimate of drug-likeness (QED) is 0.850. The topological polar surface area (TPSA) is 83.4 Å². The minimum Gasteiger partial charge on any atom is -0.381 e. The second kappa shape index (κ2) is 5.77. The Hall–Kier alpha value is -0.980. The molecule has 1 aliphatic heterocycles. The third-order valence-electron chi connectivity index (χ3n) is 3.07. The number of hydrogen-bond donors (Lipinski definition) is 1. The van der Waals surface area contributed by atoms with E-state index in [-0.39, 0.29) is 5.92 Å². The van der Waals surface area contributed by atoms with E-state index in [2.05, 4.69) is 10.1 Å². The number of rotatable bonds is 5. The zero-order valence-electron chi connectivity index (χ0n) is 11.0. The van der Waals surface area contributed by atoms with Crippen LogP contribution < -0.4 is 5.73 Å². The number of nitrogens with zero attached hydrogens (tertiary/aromatic N) is 2. The second-order valence-electron chi connectivity index (χ2n) is 4.92. The van der Waals surface area contributed by atoms with Gasteiger partial charge in [-0.05, 0) is 26.7 Å². The summed E-state index contributed by atoms with van der Waals surface area (Å²) in [6.07, 6.45) is 2.05. The molecule has 1 aromatic heterocycles. The zero-order valence-corrected chi connectivity index (χ0v) is 11.0. The molecular formula is C12H21N3O3. The summed E-state index contributed by atoms with van der Waals surface area (Å²) in [5, 5.41) is 3.97. The fourth-order valence-electron chi connectivity index (χ4n) is 1.95. The zero-order chi connectivity index (χ0) is 13.0. The first-order valence-corrected chi connectivity index (χ1v) is 6.42. The first kappa shape index (κ1) is 13.5. The molecular weight excluding hydrogens is 234 g/mol. The molecule has 1 aromatic rings. The molecule has 0 aromatic carbocycles. The monoisotopic (exact) mass is 255 g/mol. The van der Waals surface area contributed by atoms with Crippen LogP contribution in [0.25, 0.3) is 0 Å². The molecule has 0 spiro atoms. The summed E-state index contributed by atoms with van der Waals surface area (Å²) >= 11 is 0. The van der Waals surface area contributed by atoms with Crippen molar-refractivity contribution in [1.29, 1.82) is 0 Å². The third kappa shape index (κ3) is 3.07. The molecule has 0 radical (unpaired) electrons. The summed E-state index contributed by atoms with van der Waals surface area (Å²) in [4.78, 5) is 4.40. The van der Waals surface area contributed by atoms with Gasteiger partial charge in [-0.3, -0.25) is 0 Å². The Balaban J connectivity index is 2.04. The van der Waals surface area contributed by atoms with Crippen molar-refractivity contribution >= 4 is 0 Å². The highest BCUT2D eigenvalue weighted by molar-refractivity contribution is 5.04. The molecule has 1 fully saturated rings. The van der Waals surface area contributed by atoms with E-state index in [0.29, 0.717) is 31.5 Å². The van der Waals surface area contributed by atoms with Gasteiger partial charge in [-0.1, -0.05) is 5.16 Å². The highest BCUT2D eigenvalue weighted by Crippen LogP contribution is 2.25. The normalized spacial score (nSPS) is 23.8. The lowest BCUT2D eigenvalue weighted by Gasteiger charge is -2.20. The average Bonchev–Trinajstić information content (AvgIpc) is 2.88. The standard InChI is InChI=1S/C12H21N3O3/c1-3-16-8-12(2,13)11-14-10(18-15-11)9-5-4-6-17-7-9/h9H,3-8,13H2,1-2H3. The molecule has 1 saturated heterocycles. The summed E-state index contributed by atoms with van der Waals surface area (Å²) < 4.78 is 16.0. The van der Waals surface area contributed by atoms with Crippen LogP contribution in [0.5, 0.6) is 0 Å². The third-order valence-corrected chi connectivity index (χ3v) is 3.07. The molecule has 0 bridgehead atoms. The Kier molecular flexibility index (Phi) is 4.31. The molecule has 18 heavy (non-hydrogen) atoms. The number of hydrogen-bond acceptors (Lipinski definition) is 6. The van der Waals surface area contributed by atoms with Gasteiger partial charge in [-0.2, -0.15) is 4.98 Å². The summed E-state index contributed by atoms with van der Waals surface area (Å²) in [7, 11) is 0. The van der Waals surface area contributed by atoms with Crippen LogP contribution in [0.2, 0.25) is 0 Å². The van der Waals surface area contributed by atoms with Crippen molar-refractivity contribution in [2.45, 2.75) is 38.1 Å². The lowest BCUT2D eigenvalue weighted by Crippen LogP contribution is -2.39. The summed E-state index contributed by atoms with van der Waals surface area (Å²) in [6, 6.07) is 0. The molecule has 2 unspecified atom stereocenters. The van der Waals surface area contributed by atoms with E-state index >= 15 is 0 Å². The minimum absolute atomic E-state index is 0.197. The SMILES string of the molecule is CCOCC(C)(N)c1noc(C2CCCOC2)n1. The largest absolute Gasteiger partial charge is 0.381 e. The summed E-state index contributed by atoms with van der Waals surface area (Å²) in [5.74, 6) is 1.32. The Morgan fingerprint density at radius 2 is 2.39 bits per heavy atom. The molecule has 0 saturated carbocycles. The highest BCUT2D eigenvalue weighted by Gasteiger charge is 2.30. The van der Waals surface area contributed by atoms with Gasteiger partial charge < -0.3 is 19.7 Å². The Bertz CT molecular complexity index is 372. The van der Waals surface area contributed by atoms with Crippen LogP contribution in [-0.4, -0.2) is 36.6 Å². The smallest absolute Gasteiger partial charge is 0.232 e.